The van der Waals surface area contributed by atoms with Crippen molar-refractivity contribution in [3.05, 3.63) is 35.9 Å². The number of guanidine groups is 1. The standard InChI is InChI=1S/C19H33N3O2S.HI/c1-16(11-12-17-9-7-6-8-10-17)22-18(20-4)21-15-19(2,3)13-14-25(5,23)24;/h6-10,16H,11-15H2,1-5H3,(H2,20,21,22);1H. The number of hydrogen-bond acceptors (Lipinski definition) is 3. The van der Waals surface area contributed by atoms with Crippen molar-refractivity contribution in [1.82, 2.24) is 10.6 Å². The summed E-state index contributed by atoms with van der Waals surface area (Å²) in [6.07, 6.45) is 3.94. The lowest BCUT2D eigenvalue weighted by atomic mass is 9.90. The van der Waals surface area contributed by atoms with Gasteiger partial charge in [0.2, 0.25) is 0 Å². The number of aliphatic imine (C=N–C) groups is 1. The SMILES string of the molecule is CN=C(NCC(C)(C)CCS(C)(=O)=O)NC(C)CCc1ccccc1.I. The number of sulfone groups is 1. The molecule has 150 valence electrons. The highest BCUT2D eigenvalue weighted by Crippen LogP contribution is 2.19. The zero-order chi connectivity index (χ0) is 18.9. The third-order valence-electron chi connectivity index (χ3n) is 4.20. The first-order valence-corrected chi connectivity index (χ1v) is 10.9. The van der Waals surface area contributed by atoms with Crippen molar-refractivity contribution in [1.29, 1.82) is 0 Å². The zero-order valence-corrected chi connectivity index (χ0v) is 19.7. The van der Waals surface area contributed by atoms with Crippen molar-refractivity contribution in [2.45, 2.75) is 46.1 Å². The molecule has 1 aromatic carbocycles. The lowest BCUT2D eigenvalue weighted by Gasteiger charge is -2.26. The van der Waals surface area contributed by atoms with Gasteiger partial charge in [-0.05, 0) is 37.2 Å². The smallest absolute Gasteiger partial charge is 0.191 e. The number of rotatable bonds is 9. The van der Waals surface area contributed by atoms with Gasteiger partial charge in [-0.25, -0.2) is 8.42 Å². The molecular weight excluding hydrogens is 461 g/mol. The monoisotopic (exact) mass is 495 g/mol. The molecule has 0 aliphatic heterocycles. The Morgan fingerprint density at radius 2 is 1.85 bits per heavy atom. The molecule has 2 N–H and O–H groups in total. The van der Waals surface area contributed by atoms with E-state index < -0.39 is 9.84 Å². The van der Waals surface area contributed by atoms with Crippen LogP contribution in [0.5, 0.6) is 0 Å². The summed E-state index contributed by atoms with van der Waals surface area (Å²) < 4.78 is 22.7. The third kappa shape index (κ3) is 11.7. The van der Waals surface area contributed by atoms with Gasteiger partial charge in [0.15, 0.2) is 5.96 Å². The third-order valence-corrected chi connectivity index (χ3v) is 5.15. The molecule has 0 saturated carbocycles. The van der Waals surface area contributed by atoms with Gasteiger partial charge in [0.1, 0.15) is 9.84 Å². The molecule has 0 aliphatic carbocycles. The van der Waals surface area contributed by atoms with Crippen molar-refractivity contribution in [3.63, 3.8) is 0 Å². The van der Waals surface area contributed by atoms with Gasteiger partial charge in [0, 0.05) is 25.9 Å². The Balaban J connectivity index is 0.00000625. The van der Waals surface area contributed by atoms with Gasteiger partial charge in [-0.3, -0.25) is 4.99 Å². The van der Waals surface area contributed by atoms with Gasteiger partial charge in [-0.15, -0.1) is 24.0 Å². The predicted molar refractivity (Wildman–Crippen MR) is 122 cm³/mol. The van der Waals surface area contributed by atoms with Crippen LogP contribution in [0.2, 0.25) is 0 Å². The van der Waals surface area contributed by atoms with Crippen molar-refractivity contribution in [3.8, 4) is 0 Å². The zero-order valence-electron chi connectivity index (χ0n) is 16.6. The van der Waals surface area contributed by atoms with Gasteiger partial charge in [0.25, 0.3) is 0 Å². The Labute approximate surface area is 176 Å². The van der Waals surface area contributed by atoms with E-state index in [4.69, 9.17) is 0 Å². The van der Waals surface area contributed by atoms with Crippen LogP contribution < -0.4 is 10.6 Å². The van der Waals surface area contributed by atoms with E-state index in [9.17, 15) is 8.42 Å². The molecule has 1 atom stereocenters. The topological polar surface area (TPSA) is 70.6 Å². The Kier molecular flexibility index (Phi) is 11.4. The molecule has 5 nitrogen and oxygen atoms in total. The lowest BCUT2D eigenvalue weighted by molar-refractivity contribution is 0.347. The number of benzene rings is 1. The molecule has 1 unspecified atom stereocenters. The maximum absolute atomic E-state index is 11.4. The second kappa shape index (κ2) is 11.8. The highest BCUT2D eigenvalue weighted by Gasteiger charge is 2.20. The van der Waals surface area contributed by atoms with Crippen LogP contribution in [0.3, 0.4) is 0 Å². The minimum absolute atomic E-state index is 0. The van der Waals surface area contributed by atoms with Crippen LogP contribution in [0.1, 0.15) is 39.2 Å². The highest BCUT2D eigenvalue weighted by atomic mass is 127. The summed E-state index contributed by atoms with van der Waals surface area (Å²) in [6, 6.07) is 10.7. The Hall–Kier alpha value is -0.830. The average molecular weight is 495 g/mol. The van der Waals surface area contributed by atoms with Crippen molar-refractivity contribution in [2.75, 3.05) is 25.6 Å². The first-order chi connectivity index (χ1) is 11.6. The summed E-state index contributed by atoms with van der Waals surface area (Å²) >= 11 is 0. The predicted octanol–water partition coefficient (Wildman–Crippen LogP) is 3.25. The van der Waals surface area contributed by atoms with Crippen LogP contribution in [-0.2, 0) is 16.3 Å². The quantitative estimate of drug-likeness (QED) is 0.314. The normalized spacial score (nSPS) is 13.7. The fourth-order valence-electron chi connectivity index (χ4n) is 2.40. The van der Waals surface area contributed by atoms with E-state index in [1.54, 1.807) is 7.05 Å². The number of nitrogens with zero attached hydrogens (tertiary/aromatic N) is 1. The van der Waals surface area contributed by atoms with Crippen molar-refractivity contribution < 1.29 is 8.42 Å². The second-order valence-corrected chi connectivity index (χ2v) is 9.80. The minimum Gasteiger partial charge on any atom is -0.356 e. The van der Waals surface area contributed by atoms with E-state index in [2.05, 4.69) is 60.7 Å². The molecule has 0 radical (unpaired) electrons. The molecule has 0 amide bonds. The largest absolute Gasteiger partial charge is 0.356 e. The van der Waals surface area contributed by atoms with Gasteiger partial charge in [-0.1, -0.05) is 44.2 Å². The number of halogens is 1. The van der Waals surface area contributed by atoms with E-state index in [0.29, 0.717) is 19.0 Å². The van der Waals surface area contributed by atoms with E-state index in [-0.39, 0.29) is 35.1 Å². The van der Waals surface area contributed by atoms with Gasteiger partial charge in [-0.2, -0.15) is 0 Å². The summed E-state index contributed by atoms with van der Waals surface area (Å²) in [6.45, 7) is 6.95. The molecule has 1 rings (SSSR count). The molecule has 0 bridgehead atoms. The molecule has 0 saturated heterocycles. The Morgan fingerprint density at radius 1 is 1.23 bits per heavy atom. The summed E-state index contributed by atoms with van der Waals surface area (Å²) in [7, 11) is -1.18. The second-order valence-electron chi connectivity index (χ2n) is 7.54. The Bertz CT molecular complexity index is 646. The number of hydrogen-bond donors (Lipinski definition) is 2. The van der Waals surface area contributed by atoms with Crippen LogP contribution in [0.25, 0.3) is 0 Å². The summed E-state index contributed by atoms with van der Waals surface area (Å²) in [5, 5.41) is 6.72. The Morgan fingerprint density at radius 3 is 2.38 bits per heavy atom. The van der Waals surface area contributed by atoms with Crippen LogP contribution in [0, 0.1) is 5.41 Å². The number of nitrogens with one attached hydrogen (secondary N) is 2. The first kappa shape index (κ1) is 25.2. The summed E-state index contributed by atoms with van der Waals surface area (Å²) in [4.78, 5) is 4.27. The highest BCUT2D eigenvalue weighted by molar-refractivity contribution is 14.0. The molecule has 0 aromatic heterocycles. The van der Waals surface area contributed by atoms with E-state index in [1.807, 2.05) is 6.07 Å². The van der Waals surface area contributed by atoms with Crippen molar-refractivity contribution >= 4 is 39.8 Å². The van der Waals surface area contributed by atoms with Crippen molar-refractivity contribution in [2.24, 2.45) is 10.4 Å². The molecule has 0 aliphatic rings. The average Bonchev–Trinajstić information content (AvgIpc) is 2.55. The van der Waals surface area contributed by atoms with E-state index in [1.165, 1.54) is 11.8 Å². The molecular formula is C19H34IN3O2S. The minimum atomic E-state index is -2.93. The number of aryl methyl sites for hydroxylation is 1. The molecule has 0 heterocycles. The molecule has 0 fully saturated rings. The maximum Gasteiger partial charge on any atom is 0.191 e. The summed E-state index contributed by atoms with van der Waals surface area (Å²) in [5.41, 5.74) is 1.22. The molecule has 7 heteroatoms. The van der Waals surface area contributed by atoms with E-state index in [0.717, 1.165) is 18.8 Å². The molecule has 1 aromatic rings. The van der Waals surface area contributed by atoms with Crippen LogP contribution in [0.15, 0.2) is 35.3 Å². The first-order valence-electron chi connectivity index (χ1n) is 8.80. The van der Waals surface area contributed by atoms with Gasteiger partial charge >= 0.3 is 0 Å². The van der Waals surface area contributed by atoms with Gasteiger partial charge in [0.05, 0.1) is 5.75 Å². The lowest BCUT2D eigenvalue weighted by Crippen LogP contribution is -2.45. The summed E-state index contributed by atoms with van der Waals surface area (Å²) in [5.74, 6) is 0.967. The van der Waals surface area contributed by atoms with Crippen LogP contribution in [-0.4, -0.2) is 46.0 Å². The van der Waals surface area contributed by atoms with Gasteiger partial charge < -0.3 is 10.6 Å². The molecule has 26 heavy (non-hydrogen) atoms. The van der Waals surface area contributed by atoms with E-state index >= 15 is 0 Å². The maximum atomic E-state index is 11.4. The molecule has 0 spiro atoms. The fourth-order valence-corrected chi connectivity index (χ4v) is 3.32. The fraction of sp³-hybridized carbons (Fsp3) is 0.632. The van der Waals surface area contributed by atoms with Crippen LogP contribution >= 0.6 is 24.0 Å². The van der Waals surface area contributed by atoms with Crippen LogP contribution in [0.4, 0.5) is 0 Å².